The minimum absolute atomic E-state index is 0.0115. The molecule has 0 fully saturated rings. The molecular weight excluding hydrogens is 385 g/mol. The van der Waals surface area contributed by atoms with Gasteiger partial charge in [0.1, 0.15) is 11.5 Å². The molecule has 0 N–H and O–H groups in total. The third kappa shape index (κ3) is 4.35. The van der Waals surface area contributed by atoms with Gasteiger partial charge in [-0.2, -0.15) is 23.1 Å². The Kier molecular flexibility index (Phi) is 5.49. The van der Waals surface area contributed by atoms with Gasteiger partial charge in [0.05, 0.1) is 17.7 Å². The fraction of sp³-hybridized carbons (Fsp3) is 0.176. The first kappa shape index (κ1) is 18.7. The monoisotopic (exact) mass is 398 g/mol. The second-order valence-corrected chi connectivity index (χ2v) is 7.53. The highest BCUT2D eigenvalue weighted by Gasteiger charge is 2.35. The van der Waals surface area contributed by atoms with Crippen LogP contribution in [0, 0.1) is 0 Å². The molecule has 0 spiro atoms. The molecule has 26 heavy (non-hydrogen) atoms. The third-order valence-corrected chi connectivity index (χ3v) is 5.48. The van der Waals surface area contributed by atoms with E-state index in [4.69, 9.17) is 4.74 Å². The van der Waals surface area contributed by atoms with Crippen LogP contribution in [-0.2, 0) is 23.1 Å². The van der Waals surface area contributed by atoms with Crippen molar-refractivity contribution in [3.05, 3.63) is 59.1 Å². The highest BCUT2D eigenvalue weighted by Crippen LogP contribution is 2.32. The molecule has 0 saturated heterocycles. The molecule has 9 heteroatoms. The van der Waals surface area contributed by atoms with E-state index in [1.165, 1.54) is 18.4 Å². The SMILES string of the molecule is COc1cccc(C[S+]([O-])c2nc(-c3cccs3)cc(C(F)(F)F)n2)c1. The molecule has 136 valence electrons. The van der Waals surface area contributed by atoms with Gasteiger partial charge in [-0.15, -0.1) is 11.3 Å². The summed E-state index contributed by atoms with van der Waals surface area (Å²) in [5.74, 6) is 0.561. The van der Waals surface area contributed by atoms with Crippen LogP contribution in [0.1, 0.15) is 11.3 Å². The van der Waals surface area contributed by atoms with Crippen LogP contribution in [-0.4, -0.2) is 21.6 Å². The molecule has 3 rings (SSSR count). The van der Waals surface area contributed by atoms with E-state index in [-0.39, 0.29) is 16.6 Å². The Morgan fingerprint density at radius 2 is 1.96 bits per heavy atom. The van der Waals surface area contributed by atoms with Crippen molar-refractivity contribution < 1.29 is 22.5 Å². The highest BCUT2D eigenvalue weighted by molar-refractivity contribution is 7.90. The van der Waals surface area contributed by atoms with Crippen LogP contribution in [0.2, 0.25) is 0 Å². The number of hydrogen-bond donors (Lipinski definition) is 0. The number of hydrogen-bond acceptors (Lipinski definition) is 5. The quantitative estimate of drug-likeness (QED) is 0.468. The third-order valence-electron chi connectivity index (χ3n) is 3.41. The van der Waals surface area contributed by atoms with Crippen LogP contribution in [0.15, 0.2) is 53.0 Å². The van der Waals surface area contributed by atoms with Crippen molar-refractivity contribution in [2.24, 2.45) is 0 Å². The average molecular weight is 398 g/mol. The van der Waals surface area contributed by atoms with E-state index in [0.717, 1.165) is 6.07 Å². The van der Waals surface area contributed by atoms with Gasteiger partial charge < -0.3 is 9.29 Å². The van der Waals surface area contributed by atoms with Gasteiger partial charge in [0.2, 0.25) is 0 Å². The zero-order chi connectivity index (χ0) is 18.7. The predicted octanol–water partition coefficient (Wildman–Crippen LogP) is 4.54. The second kappa shape index (κ2) is 7.65. The first-order chi connectivity index (χ1) is 12.4. The topological polar surface area (TPSA) is 58.1 Å². The zero-order valence-corrected chi connectivity index (χ0v) is 15.1. The smallest absolute Gasteiger partial charge is 0.433 e. The summed E-state index contributed by atoms with van der Waals surface area (Å²) in [7, 11) is 1.50. The lowest BCUT2D eigenvalue weighted by Crippen LogP contribution is -2.16. The van der Waals surface area contributed by atoms with E-state index in [1.807, 2.05) is 0 Å². The van der Waals surface area contributed by atoms with Crippen LogP contribution < -0.4 is 4.74 Å². The molecule has 2 heterocycles. The molecule has 0 amide bonds. The van der Waals surface area contributed by atoms with E-state index >= 15 is 0 Å². The Bertz CT molecular complexity index is 886. The fourth-order valence-electron chi connectivity index (χ4n) is 2.20. The van der Waals surface area contributed by atoms with E-state index in [9.17, 15) is 17.7 Å². The maximum absolute atomic E-state index is 13.2. The Morgan fingerprint density at radius 1 is 1.15 bits per heavy atom. The largest absolute Gasteiger partial charge is 0.609 e. The van der Waals surface area contributed by atoms with Crippen molar-refractivity contribution >= 4 is 22.5 Å². The number of thiophene rings is 1. The van der Waals surface area contributed by atoms with Gasteiger partial charge in [0, 0.05) is 16.7 Å². The van der Waals surface area contributed by atoms with Crippen LogP contribution in [0.3, 0.4) is 0 Å². The van der Waals surface area contributed by atoms with Crippen molar-refractivity contribution in [1.82, 2.24) is 9.97 Å². The molecule has 0 saturated carbocycles. The zero-order valence-electron chi connectivity index (χ0n) is 13.5. The normalized spacial score (nSPS) is 12.8. The Balaban J connectivity index is 1.96. The van der Waals surface area contributed by atoms with Gasteiger partial charge in [0.15, 0.2) is 5.69 Å². The fourth-order valence-corrected chi connectivity index (χ4v) is 3.90. The lowest BCUT2D eigenvalue weighted by molar-refractivity contribution is -0.141. The van der Waals surface area contributed by atoms with Crippen molar-refractivity contribution in [2.75, 3.05) is 7.11 Å². The number of halogens is 3. The molecule has 4 nitrogen and oxygen atoms in total. The Morgan fingerprint density at radius 3 is 2.62 bits per heavy atom. The molecule has 3 aromatic rings. The molecule has 1 atom stereocenters. The van der Waals surface area contributed by atoms with Crippen molar-refractivity contribution in [2.45, 2.75) is 17.1 Å². The lowest BCUT2D eigenvalue weighted by Gasteiger charge is -2.13. The summed E-state index contributed by atoms with van der Waals surface area (Å²) in [4.78, 5) is 8.14. The van der Waals surface area contributed by atoms with Crippen LogP contribution in [0.25, 0.3) is 10.6 Å². The summed E-state index contributed by atoms with van der Waals surface area (Å²) in [6.07, 6.45) is -4.65. The van der Waals surface area contributed by atoms with Crippen LogP contribution in [0.4, 0.5) is 13.2 Å². The lowest BCUT2D eigenvalue weighted by atomic mass is 10.2. The Labute approximate surface area is 154 Å². The summed E-state index contributed by atoms with van der Waals surface area (Å²) < 4.78 is 57.2. The average Bonchev–Trinajstić information content (AvgIpc) is 3.15. The molecule has 0 aliphatic carbocycles. The number of benzene rings is 1. The number of methoxy groups -OCH3 is 1. The van der Waals surface area contributed by atoms with Gasteiger partial charge in [-0.05, 0) is 29.6 Å². The number of alkyl halides is 3. The molecule has 0 aliphatic rings. The molecule has 1 unspecified atom stereocenters. The summed E-state index contributed by atoms with van der Waals surface area (Å²) in [5.41, 5.74) is -0.345. The first-order valence-electron chi connectivity index (χ1n) is 7.38. The van der Waals surface area contributed by atoms with Crippen LogP contribution >= 0.6 is 11.3 Å². The van der Waals surface area contributed by atoms with E-state index in [0.29, 0.717) is 16.2 Å². The summed E-state index contributed by atoms with van der Waals surface area (Å²) in [5, 5.41) is 1.39. The summed E-state index contributed by atoms with van der Waals surface area (Å²) in [6.45, 7) is 0. The van der Waals surface area contributed by atoms with E-state index in [1.54, 1.807) is 41.8 Å². The van der Waals surface area contributed by atoms with Gasteiger partial charge in [0.25, 0.3) is 0 Å². The molecule has 0 bridgehead atoms. The predicted molar refractivity (Wildman–Crippen MR) is 93.5 cm³/mol. The molecule has 1 aromatic carbocycles. The molecule has 2 aromatic heterocycles. The molecule has 0 aliphatic heterocycles. The van der Waals surface area contributed by atoms with Gasteiger partial charge in [-0.1, -0.05) is 18.2 Å². The first-order valence-corrected chi connectivity index (χ1v) is 9.58. The highest BCUT2D eigenvalue weighted by atomic mass is 32.2. The van der Waals surface area contributed by atoms with E-state index in [2.05, 4.69) is 9.97 Å². The summed E-state index contributed by atoms with van der Waals surface area (Å²) >= 11 is -0.583. The summed E-state index contributed by atoms with van der Waals surface area (Å²) in [6, 6.07) is 11.1. The minimum Gasteiger partial charge on any atom is -0.609 e. The number of nitrogens with zero attached hydrogens (tertiary/aromatic N) is 2. The minimum atomic E-state index is -4.65. The van der Waals surface area contributed by atoms with Crippen LogP contribution in [0.5, 0.6) is 5.75 Å². The maximum Gasteiger partial charge on any atom is 0.433 e. The second-order valence-electron chi connectivity index (χ2n) is 5.24. The molecular formula is C17H13F3N2O2S2. The Hall–Kier alpha value is -2.10. The van der Waals surface area contributed by atoms with Crippen molar-refractivity contribution in [3.8, 4) is 16.3 Å². The maximum atomic E-state index is 13.2. The van der Waals surface area contributed by atoms with E-state index < -0.39 is 23.0 Å². The number of ether oxygens (including phenoxy) is 1. The van der Waals surface area contributed by atoms with Gasteiger partial charge in [-0.3, -0.25) is 0 Å². The van der Waals surface area contributed by atoms with Gasteiger partial charge in [-0.25, -0.2) is 0 Å². The van der Waals surface area contributed by atoms with Crippen molar-refractivity contribution in [3.63, 3.8) is 0 Å². The number of aromatic nitrogens is 2. The number of rotatable bonds is 5. The standard InChI is InChI=1S/C17H13F3N2O2S2/c1-24-12-5-2-4-11(8-12)10-26(23)16-21-13(14-6-3-7-25-14)9-15(22-16)17(18,19)20/h2-9H,10H2,1H3. The van der Waals surface area contributed by atoms with Crippen molar-refractivity contribution in [1.29, 1.82) is 0 Å². The molecule has 0 radical (unpaired) electrons. The van der Waals surface area contributed by atoms with Gasteiger partial charge >= 0.3 is 11.3 Å².